The van der Waals surface area contributed by atoms with E-state index in [9.17, 15) is 31.1 Å². The average molecular weight is 370 g/mol. The molecule has 1 aliphatic rings. The van der Waals surface area contributed by atoms with Crippen molar-refractivity contribution < 1.29 is 31.1 Å². The maximum Gasteiger partial charge on any atom is 0.409 e. The Morgan fingerprint density at radius 3 is 2.38 bits per heavy atom. The van der Waals surface area contributed by atoms with E-state index >= 15 is 0 Å². The molecule has 1 atom stereocenters. The standard InChI is InChI=1S/C14H12F6N2OS/c1-6-2-3-7-8(5-21)12(24-9(7)4-6)22-11(23)10(13(15,16)17)14(18,19)20/h6,10H,2-4H2,1H3,(H,22,23)/t6-/m1/s1. The monoisotopic (exact) mass is 370 g/mol. The number of anilines is 1. The lowest BCUT2D eigenvalue weighted by atomic mass is 9.88. The molecule has 1 amide bonds. The molecule has 3 nitrogen and oxygen atoms in total. The van der Waals surface area contributed by atoms with E-state index < -0.39 is 24.2 Å². The largest absolute Gasteiger partial charge is 0.409 e. The van der Waals surface area contributed by atoms with E-state index in [0.29, 0.717) is 24.3 Å². The molecule has 1 N–H and O–H groups in total. The molecule has 0 bridgehead atoms. The topological polar surface area (TPSA) is 52.9 Å². The summed E-state index contributed by atoms with van der Waals surface area (Å²) in [6.45, 7) is 1.95. The van der Waals surface area contributed by atoms with E-state index in [2.05, 4.69) is 0 Å². The molecular formula is C14H12F6N2OS. The number of nitrogens with one attached hydrogen (secondary N) is 1. The number of thiophene rings is 1. The Labute approximate surface area is 137 Å². The molecular weight excluding hydrogens is 358 g/mol. The van der Waals surface area contributed by atoms with Gasteiger partial charge < -0.3 is 5.32 Å². The van der Waals surface area contributed by atoms with Gasteiger partial charge >= 0.3 is 12.4 Å². The minimum absolute atomic E-state index is 0.0432. The van der Waals surface area contributed by atoms with E-state index in [-0.39, 0.29) is 10.6 Å². The number of rotatable bonds is 2. The van der Waals surface area contributed by atoms with Crippen molar-refractivity contribution in [3.63, 3.8) is 0 Å². The second-order valence-corrected chi connectivity index (χ2v) is 6.78. The summed E-state index contributed by atoms with van der Waals surface area (Å²) in [7, 11) is 0. The molecule has 0 saturated carbocycles. The van der Waals surface area contributed by atoms with Gasteiger partial charge in [-0.3, -0.25) is 4.79 Å². The van der Waals surface area contributed by atoms with Crippen LogP contribution in [0.25, 0.3) is 0 Å². The lowest BCUT2D eigenvalue weighted by Crippen LogP contribution is -2.45. The first-order valence-corrected chi connectivity index (χ1v) is 7.75. The van der Waals surface area contributed by atoms with Gasteiger partial charge in [-0.25, -0.2) is 0 Å². The second kappa shape index (κ2) is 6.27. The molecule has 10 heteroatoms. The Morgan fingerprint density at radius 1 is 1.29 bits per heavy atom. The first-order valence-electron chi connectivity index (χ1n) is 6.94. The molecule has 0 unspecified atom stereocenters. The summed E-state index contributed by atoms with van der Waals surface area (Å²) in [6.07, 6.45) is -9.68. The summed E-state index contributed by atoms with van der Waals surface area (Å²) in [5.74, 6) is -6.06. The van der Waals surface area contributed by atoms with Crippen LogP contribution in [0.1, 0.15) is 29.3 Å². The third-order valence-electron chi connectivity index (χ3n) is 3.78. The second-order valence-electron chi connectivity index (χ2n) is 5.67. The molecule has 24 heavy (non-hydrogen) atoms. The molecule has 0 saturated heterocycles. The van der Waals surface area contributed by atoms with E-state index in [0.717, 1.165) is 22.6 Å². The zero-order chi connectivity index (χ0) is 18.3. The minimum atomic E-state index is -5.76. The number of carbonyl (C=O) groups excluding carboxylic acids is 1. The van der Waals surface area contributed by atoms with Crippen LogP contribution in [0.2, 0.25) is 0 Å². The van der Waals surface area contributed by atoms with Gasteiger partial charge in [-0.2, -0.15) is 31.6 Å². The van der Waals surface area contributed by atoms with E-state index in [4.69, 9.17) is 5.26 Å². The predicted octanol–water partition coefficient (Wildman–Crippen LogP) is 4.42. The number of nitriles is 1. The molecule has 1 aromatic rings. The summed E-state index contributed by atoms with van der Waals surface area (Å²) in [6, 6.07) is 1.77. The van der Waals surface area contributed by atoms with Crippen molar-refractivity contribution in [2.45, 2.75) is 38.5 Å². The van der Waals surface area contributed by atoms with Crippen molar-refractivity contribution >= 4 is 22.2 Å². The molecule has 0 aliphatic heterocycles. The van der Waals surface area contributed by atoms with Crippen LogP contribution in [-0.2, 0) is 17.6 Å². The van der Waals surface area contributed by atoms with Crippen LogP contribution in [0.3, 0.4) is 0 Å². The summed E-state index contributed by atoms with van der Waals surface area (Å²) >= 11 is 0.868. The van der Waals surface area contributed by atoms with Crippen LogP contribution in [0.4, 0.5) is 31.3 Å². The normalized spacial score (nSPS) is 18.2. The highest BCUT2D eigenvalue weighted by molar-refractivity contribution is 7.16. The molecule has 2 rings (SSSR count). The summed E-state index contributed by atoms with van der Waals surface area (Å²) in [5.41, 5.74) is 0.560. The van der Waals surface area contributed by atoms with E-state index in [1.165, 1.54) is 0 Å². The number of hydrogen-bond donors (Lipinski definition) is 1. The van der Waals surface area contributed by atoms with Gasteiger partial charge in [0.25, 0.3) is 0 Å². The molecule has 1 heterocycles. The molecule has 0 aromatic carbocycles. The smallest absolute Gasteiger partial charge is 0.316 e. The number of halogens is 6. The van der Waals surface area contributed by atoms with E-state index in [1.807, 2.05) is 6.92 Å². The van der Waals surface area contributed by atoms with Crippen LogP contribution >= 0.6 is 11.3 Å². The number of alkyl halides is 6. The number of fused-ring (bicyclic) bond motifs is 1. The minimum Gasteiger partial charge on any atom is -0.316 e. The maximum absolute atomic E-state index is 12.6. The van der Waals surface area contributed by atoms with Crippen molar-refractivity contribution in [1.29, 1.82) is 5.26 Å². The Morgan fingerprint density at radius 2 is 1.88 bits per heavy atom. The first-order chi connectivity index (χ1) is 10.9. The Bertz CT molecular complexity index is 671. The van der Waals surface area contributed by atoms with Crippen LogP contribution in [0.5, 0.6) is 0 Å². The fourth-order valence-electron chi connectivity index (χ4n) is 2.62. The van der Waals surface area contributed by atoms with E-state index in [1.54, 1.807) is 11.4 Å². The van der Waals surface area contributed by atoms with Gasteiger partial charge in [0, 0.05) is 4.88 Å². The van der Waals surface area contributed by atoms with Gasteiger partial charge in [-0.05, 0) is 30.7 Å². The highest BCUT2D eigenvalue weighted by Crippen LogP contribution is 2.42. The van der Waals surface area contributed by atoms with Crippen molar-refractivity contribution in [3.05, 3.63) is 16.0 Å². The fourth-order valence-corrected chi connectivity index (χ4v) is 3.99. The Balaban J connectivity index is 2.34. The van der Waals surface area contributed by atoms with Gasteiger partial charge in [0.2, 0.25) is 11.8 Å². The number of amides is 1. The quantitative estimate of drug-likeness (QED) is 0.784. The predicted molar refractivity (Wildman–Crippen MR) is 74.5 cm³/mol. The van der Waals surface area contributed by atoms with Crippen molar-refractivity contribution in [3.8, 4) is 6.07 Å². The number of hydrogen-bond acceptors (Lipinski definition) is 3. The van der Waals surface area contributed by atoms with Crippen molar-refractivity contribution in [1.82, 2.24) is 0 Å². The van der Waals surface area contributed by atoms with Gasteiger partial charge in [-0.15, -0.1) is 11.3 Å². The zero-order valence-electron chi connectivity index (χ0n) is 12.3. The van der Waals surface area contributed by atoms with Crippen LogP contribution in [-0.4, -0.2) is 18.3 Å². The lowest BCUT2D eigenvalue weighted by Gasteiger charge is -2.21. The average Bonchev–Trinajstić information content (AvgIpc) is 2.70. The van der Waals surface area contributed by atoms with Crippen LogP contribution in [0.15, 0.2) is 0 Å². The van der Waals surface area contributed by atoms with Crippen LogP contribution < -0.4 is 5.32 Å². The molecule has 1 aromatic heterocycles. The molecule has 0 spiro atoms. The van der Waals surface area contributed by atoms with Crippen molar-refractivity contribution in [2.24, 2.45) is 11.8 Å². The van der Waals surface area contributed by atoms with Gasteiger partial charge in [0.15, 0.2) is 0 Å². The lowest BCUT2D eigenvalue weighted by molar-refractivity contribution is -0.272. The van der Waals surface area contributed by atoms with Crippen LogP contribution in [0, 0.1) is 23.2 Å². The molecule has 132 valence electrons. The molecule has 0 fully saturated rings. The SMILES string of the molecule is C[C@@H]1CCc2c(sc(NC(=O)C(C(F)(F)F)C(F)(F)F)c2C#N)C1. The van der Waals surface area contributed by atoms with Crippen molar-refractivity contribution in [2.75, 3.05) is 5.32 Å². The number of nitrogens with zero attached hydrogens (tertiary/aromatic N) is 1. The molecule has 0 radical (unpaired) electrons. The zero-order valence-corrected chi connectivity index (χ0v) is 13.1. The summed E-state index contributed by atoms with van der Waals surface area (Å²) in [4.78, 5) is 12.3. The Hall–Kier alpha value is -1.76. The highest BCUT2D eigenvalue weighted by Gasteiger charge is 2.61. The highest BCUT2D eigenvalue weighted by atomic mass is 32.1. The fraction of sp³-hybridized carbons (Fsp3) is 0.571. The maximum atomic E-state index is 12.6. The Kier molecular flexibility index (Phi) is 4.86. The molecule has 1 aliphatic carbocycles. The summed E-state index contributed by atoms with van der Waals surface area (Å²) < 4.78 is 75.5. The first kappa shape index (κ1) is 18.6. The third-order valence-corrected chi connectivity index (χ3v) is 4.95. The number of carbonyl (C=O) groups is 1. The van der Waals surface area contributed by atoms with Gasteiger partial charge in [0.05, 0.1) is 5.56 Å². The summed E-state index contributed by atoms with van der Waals surface area (Å²) in [5, 5.41) is 10.6. The third kappa shape index (κ3) is 3.66. The van der Waals surface area contributed by atoms with Gasteiger partial charge in [-0.1, -0.05) is 6.92 Å². The van der Waals surface area contributed by atoms with Gasteiger partial charge in [0.1, 0.15) is 11.1 Å².